The molecular formula is C20H20N2OS. The van der Waals surface area contributed by atoms with Crippen LogP contribution in [0.1, 0.15) is 30.4 Å². The Kier molecular flexibility index (Phi) is 5.39. The Hall–Kier alpha value is -2.46. The lowest BCUT2D eigenvalue weighted by molar-refractivity contribution is -0.122. The number of amides is 1. The van der Waals surface area contributed by atoms with Crippen LogP contribution in [0.25, 0.3) is 11.3 Å². The summed E-state index contributed by atoms with van der Waals surface area (Å²) in [7, 11) is 0. The van der Waals surface area contributed by atoms with Crippen molar-refractivity contribution in [2.24, 2.45) is 0 Å². The predicted octanol–water partition coefficient (Wildman–Crippen LogP) is 4.62. The van der Waals surface area contributed by atoms with Crippen molar-refractivity contribution in [2.45, 2.75) is 25.8 Å². The lowest BCUT2D eigenvalue weighted by Gasteiger charge is -2.15. The van der Waals surface area contributed by atoms with Gasteiger partial charge in [-0.05, 0) is 41.1 Å². The van der Waals surface area contributed by atoms with Gasteiger partial charge in [-0.1, -0.05) is 37.3 Å². The van der Waals surface area contributed by atoms with Crippen LogP contribution in [0, 0.1) is 0 Å². The Labute approximate surface area is 146 Å². The van der Waals surface area contributed by atoms with E-state index in [1.807, 2.05) is 54.8 Å². The third-order valence-corrected chi connectivity index (χ3v) is 4.72. The molecule has 2 aromatic heterocycles. The molecule has 0 saturated heterocycles. The lowest BCUT2D eigenvalue weighted by Crippen LogP contribution is -2.28. The van der Waals surface area contributed by atoms with Gasteiger partial charge in [0.15, 0.2) is 0 Å². The highest BCUT2D eigenvalue weighted by Crippen LogP contribution is 2.21. The minimum atomic E-state index is -0.107. The van der Waals surface area contributed by atoms with Gasteiger partial charge in [0, 0.05) is 23.7 Å². The highest BCUT2D eigenvalue weighted by atomic mass is 32.1. The molecule has 24 heavy (non-hydrogen) atoms. The predicted molar refractivity (Wildman–Crippen MR) is 98.9 cm³/mol. The number of nitrogens with zero attached hydrogens (tertiary/aromatic N) is 1. The van der Waals surface area contributed by atoms with Gasteiger partial charge in [0.2, 0.25) is 5.91 Å². The Morgan fingerprint density at radius 2 is 2.04 bits per heavy atom. The van der Waals surface area contributed by atoms with Gasteiger partial charge in [-0.15, -0.1) is 0 Å². The highest BCUT2D eigenvalue weighted by Gasteiger charge is 2.17. The average molecular weight is 336 g/mol. The van der Waals surface area contributed by atoms with E-state index in [9.17, 15) is 4.79 Å². The van der Waals surface area contributed by atoms with Crippen LogP contribution in [0.3, 0.4) is 0 Å². The fourth-order valence-electron chi connectivity index (χ4n) is 2.72. The van der Waals surface area contributed by atoms with Crippen molar-refractivity contribution in [3.05, 3.63) is 76.6 Å². The number of carbonyl (C=O) groups excluding carboxylic acids is 1. The molecule has 1 amide bonds. The molecule has 0 bridgehead atoms. The van der Waals surface area contributed by atoms with Crippen LogP contribution in [0.5, 0.6) is 0 Å². The third kappa shape index (κ3) is 3.89. The number of hydrogen-bond acceptors (Lipinski definition) is 3. The average Bonchev–Trinajstić information content (AvgIpc) is 3.16. The second kappa shape index (κ2) is 7.88. The highest BCUT2D eigenvalue weighted by molar-refractivity contribution is 7.08. The van der Waals surface area contributed by atoms with Crippen molar-refractivity contribution in [3.63, 3.8) is 0 Å². The molecule has 0 aliphatic heterocycles. The molecule has 0 fully saturated rings. The quantitative estimate of drug-likeness (QED) is 0.713. The molecule has 0 spiro atoms. The first kappa shape index (κ1) is 16.4. The van der Waals surface area contributed by atoms with E-state index in [4.69, 9.17) is 0 Å². The first-order valence-electron chi connectivity index (χ1n) is 8.08. The first-order valence-corrected chi connectivity index (χ1v) is 9.02. The fraction of sp³-hybridized carbons (Fsp3) is 0.200. The summed E-state index contributed by atoms with van der Waals surface area (Å²) < 4.78 is 0. The first-order chi connectivity index (χ1) is 11.8. The molecule has 1 N–H and O–H groups in total. The van der Waals surface area contributed by atoms with E-state index in [0.29, 0.717) is 6.54 Å². The van der Waals surface area contributed by atoms with Gasteiger partial charge in [0.1, 0.15) is 0 Å². The molecule has 0 radical (unpaired) electrons. The number of nitrogens with one attached hydrogen (secondary N) is 1. The number of thiophene rings is 1. The molecule has 122 valence electrons. The number of hydrogen-bond donors (Lipinski definition) is 1. The van der Waals surface area contributed by atoms with E-state index in [0.717, 1.165) is 28.8 Å². The molecule has 0 saturated carbocycles. The number of aromatic nitrogens is 1. The monoisotopic (exact) mass is 336 g/mol. The maximum Gasteiger partial charge on any atom is 0.227 e. The molecule has 2 heterocycles. The van der Waals surface area contributed by atoms with Gasteiger partial charge < -0.3 is 5.32 Å². The zero-order chi connectivity index (χ0) is 16.8. The number of benzene rings is 1. The summed E-state index contributed by atoms with van der Waals surface area (Å²) >= 11 is 1.65. The van der Waals surface area contributed by atoms with Gasteiger partial charge in [0.25, 0.3) is 0 Å². The standard InChI is InChI=1S/C20H20N2OS/c1-2-18(16-6-4-3-5-7-16)20(23)22-13-15-8-10-21-19(12-15)17-9-11-24-14-17/h3-12,14,18H,2,13H2,1H3,(H,22,23). The van der Waals surface area contributed by atoms with Gasteiger partial charge >= 0.3 is 0 Å². The summed E-state index contributed by atoms with van der Waals surface area (Å²) in [5.74, 6) is -0.0398. The van der Waals surface area contributed by atoms with E-state index in [-0.39, 0.29) is 11.8 Å². The zero-order valence-electron chi connectivity index (χ0n) is 13.6. The van der Waals surface area contributed by atoms with Crippen molar-refractivity contribution in [2.75, 3.05) is 0 Å². The zero-order valence-corrected chi connectivity index (χ0v) is 14.4. The normalized spacial score (nSPS) is 11.9. The van der Waals surface area contributed by atoms with Crippen LogP contribution in [0.4, 0.5) is 0 Å². The van der Waals surface area contributed by atoms with Gasteiger partial charge in [-0.2, -0.15) is 11.3 Å². The Bertz CT molecular complexity index is 784. The Morgan fingerprint density at radius 1 is 1.21 bits per heavy atom. The Morgan fingerprint density at radius 3 is 2.75 bits per heavy atom. The molecule has 3 nitrogen and oxygen atoms in total. The second-order valence-electron chi connectivity index (χ2n) is 5.65. The van der Waals surface area contributed by atoms with Gasteiger partial charge in [0.05, 0.1) is 11.6 Å². The minimum Gasteiger partial charge on any atom is -0.351 e. The second-order valence-corrected chi connectivity index (χ2v) is 6.43. The summed E-state index contributed by atoms with van der Waals surface area (Å²) in [4.78, 5) is 16.9. The molecular weight excluding hydrogens is 316 g/mol. The molecule has 0 aliphatic rings. The molecule has 3 rings (SSSR count). The molecule has 3 aromatic rings. The minimum absolute atomic E-state index is 0.0672. The molecule has 4 heteroatoms. The third-order valence-electron chi connectivity index (χ3n) is 4.03. The SMILES string of the molecule is CCC(C(=O)NCc1ccnc(-c2ccsc2)c1)c1ccccc1. The van der Waals surface area contributed by atoms with Crippen molar-refractivity contribution in [1.29, 1.82) is 0 Å². The summed E-state index contributed by atoms with van der Waals surface area (Å²) in [6.07, 6.45) is 2.58. The smallest absolute Gasteiger partial charge is 0.227 e. The van der Waals surface area contributed by atoms with Crippen LogP contribution < -0.4 is 5.32 Å². The number of rotatable bonds is 6. The molecule has 1 atom stereocenters. The van der Waals surface area contributed by atoms with Crippen LogP contribution >= 0.6 is 11.3 Å². The number of carbonyl (C=O) groups is 1. The lowest BCUT2D eigenvalue weighted by atomic mass is 9.95. The van der Waals surface area contributed by atoms with Crippen molar-refractivity contribution < 1.29 is 4.79 Å². The van der Waals surface area contributed by atoms with Crippen LogP contribution in [0.15, 0.2) is 65.5 Å². The van der Waals surface area contributed by atoms with E-state index < -0.39 is 0 Å². The number of pyridine rings is 1. The maximum atomic E-state index is 12.5. The van der Waals surface area contributed by atoms with E-state index in [2.05, 4.69) is 21.7 Å². The van der Waals surface area contributed by atoms with Crippen LogP contribution in [-0.4, -0.2) is 10.9 Å². The summed E-state index contributed by atoms with van der Waals surface area (Å²) in [6, 6.07) is 16.0. The maximum absolute atomic E-state index is 12.5. The molecule has 1 aromatic carbocycles. The van der Waals surface area contributed by atoms with Crippen molar-refractivity contribution in [1.82, 2.24) is 10.3 Å². The summed E-state index contributed by atoms with van der Waals surface area (Å²) in [5.41, 5.74) is 4.18. The van der Waals surface area contributed by atoms with Crippen LogP contribution in [-0.2, 0) is 11.3 Å². The molecule has 1 unspecified atom stereocenters. The van der Waals surface area contributed by atoms with Crippen molar-refractivity contribution in [3.8, 4) is 11.3 Å². The van der Waals surface area contributed by atoms with E-state index in [1.165, 1.54) is 0 Å². The topological polar surface area (TPSA) is 42.0 Å². The fourth-order valence-corrected chi connectivity index (χ4v) is 3.37. The van der Waals surface area contributed by atoms with Crippen LogP contribution in [0.2, 0.25) is 0 Å². The van der Waals surface area contributed by atoms with E-state index >= 15 is 0 Å². The van der Waals surface area contributed by atoms with E-state index in [1.54, 1.807) is 17.5 Å². The summed E-state index contributed by atoms with van der Waals surface area (Å²) in [6.45, 7) is 2.56. The summed E-state index contributed by atoms with van der Waals surface area (Å²) in [5, 5.41) is 7.17. The van der Waals surface area contributed by atoms with Crippen molar-refractivity contribution >= 4 is 17.2 Å². The molecule has 0 aliphatic carbocycles. The Balaban J connectivity index is 1.67. The largest absolute Gasteiger partial charge is 0.351 e. The van der Waals surface area contributed by atoms with Gasteiger partial charge in [-0.3, -0.25) is 9.78 Å². The van der Waals surface area contributed by atoms with Gasteiger partial charge in [-0.25, -0.2) is 0 Å².